The first-order valence-electron chi connectivity index (χ1n) is 8.43. The van der Waals surface area contributed by atoms with Gasteiger partial charge in [-0.1, -0.05) is 0 Å². The largest absolute Gasteiger partial charge is 0.378 e. The highest BCUT2D eigenvalue weighted by Gasteiger charge is 2.46. The molecule has 2 saturated heterocycles. The summed E-state index contributed by atoms with van der Waals surface area (Å²) in [6, 6.07) is 7.52. The van der Waals surface area contributed by atoms with E-state index < -0.39 is 21.6 Å². The van der Waals surface area contributed by atoms with Crippen molar-refractivity contribution in [1.82, 2.24) is 9.21 Å². The zero-order valence-electron chi connectivity index (χ0n) is 14.2. The van der Waals surface area contributed by atoms with Crippen molar-refractivity contribution in [2.24, 2.45) is 0 Å². The molecule has 1 aromatic rings. The fraction of sp³-hybridized carbons (Fsp3) is 0.529. The summed E-state index contributed by atoms with van der Waals surface area (Å²) in [5, 5.41) is 8.80. The van der Waals surface area contributed by atoms with Crippen LogP contribution >= 0.6 is 0 Å². The number of alkyl halides is 1. The summed E-state index contributed by atoms with van der Waals surface area (Å²) in [5.41, 5.74) is -1.67. The van der Waals surface area contributed by atoms with Crippen molar-refractivity contribution in [2.75, 3.05) is 39.4 Å². The van der Waals surface area contributed by atoms with E-state index in [2.05, 4.69) is 0 Å². The second-order valence-electron chi connectivity index (χ2n) is 6.41. The normalized spacial score (nSPS) is 21.2. The Morgan fingerprint density at radius 2 is 1.69 bits per heavy atom. The van der Waals surface area contributed by atoms with Gasteiger partial charge < -0.3 is 9.64 Å². The number of ether oxygens (including phenoxy) is 1. The third kappa shape index (κ3) is 3.58. The maximum atomic E-state index is 15.1. The third-order valence-electron chi connectivity index (χ3n) is 4.82. The first-order valence-corrected chi connectivity index (χ1v) is 9.87. The van der Waals surface area contributed by atoms with Crippen molar-refractivity contribution in [3.63, 3.8) is 0 Å². The zero-order chi connectivity index (χ0) is 18.8. The number of sulfonamides is 1. The number of rotatable bonds is 3. The Bertz CT molecular complexity index is 805. The number of nitrogens with zero attached hydrogens (tertiary/aromatic N) is 3. The van der Waals surface area contributed by atoms with E-state index in [4.69, 9.17) is 10.00 Å². The molecule has 1 aromatic carbocycles. The number of carbonyl (C=O) groups is 1. The summed E-state index contributed by atoms with van der Waals surface area (Å²) in [5.74, 6) is -0.573. The Morgan fingerprint density at radius 3 is 2.23 bits per heavy atom. The van der Waals surface area contributed by atoms with E-state index in [1.807, 2.05) is 6.07 Å². The minimum atomic E-state index is -3.78. The number of carbonyl (C=O) groups excluding carboxylic acids is 1. The van der Waals surface area contributed by atoms with Crippen LogP contribution in [-0.2, 0) is 19.6 Å². The van der Waals surface area contributed by atoms with E-state index >= 15 is 4.39 Å². The fourth-order valence-corrected chi connectivity index (χ4v) is 4.64. The molecule has 0 unspecified atom stereocenters. The molecule has 0 spiro atoms. The smallest absolute Gasteiger partial charge is 0.260 e. The van der Waals surface area contributed by atoms with Crippen LogP contribution < -0.4 is 0 Å². The molecular formula is C17H20FN3O4S. The first kappa shape index (κ1) is 18.8. The van der Waals surface area contributed by atoms with Gasteiger partial charge in [-0.25, -0.2) is 12.8 Å². The summed E-state index contributed by atoms with van der Waals surface area (Å²) in [6.07, 6.45) is -0.336. The average Bonchev–Trinajstić information content (AvgIpc) is 2.68. The standard InChI is InChI=1S/C17H20FN3O4S/c18-17(16(22)20-9-11-25-12-10-20)5-7-21(8-6-17)26(23,24)15-3-1-14(13-19)2-4-15/h1-4H,5-12H2. The number of halogens is 1. The van der Waals surface area contributed by atoms with Crippen LogP contribution in [0.15, 0.2) is 29.2 Å². The van der Waals surface area contributed by atoms with Crippen LogP contribution in [0.25, 0.3) is 0 Å². The van der Waals surface area contributed by atoms with Gasteiger partial charge in [-0.3, -0.25) is 4.79 Å². The van der Waals surface area contributed by atoms with Gasteiger partial charge in [0.15, 0.2) is 5.67 Å². The highest BCUT2D eigenvalue weighted by atomic mass is 32.2. The molecule has 0 N–H and O–H groups in total. The molecule has 0 atom stereocenters. The highest BCUT2D eigenvalue weighted by Crippen LogP contribution is 2.32. The van der Waals surface area contributed by atoms with Crippen molar-refractivity contribution >= 4 is 15.9 Å². The van der Waals surface area contributed by atoms with Gasteiger partial charge in [0.2, 0.25) is 10.0 Å². The van der Waals surface area contributed by atoms with Crippen LogP contribution in [-0.4, -0.2) is 68.6 Å². The number of morpholine rings is 1. The van der Waals surface area contributed by atoms with Crippen LogP contribution in [0.4, 0.5) is 4.39 Å². The minimum absolute atomic E-state index is 0.0577. The molecule has 2 fully saturated rings. The van der Waals surface area contributed by atoms with Crippen LogP contribution in [0.3, 0.4) is 0 Å². The average molecular weight is 381 g/mol. The highest BCUT2D eigenvalue weighted by molar-refractivity contribution is 7.89. The van der Waals surface area contributed by atoms with E-state index in [1.54, 1.807) is 0 Å². The summed E-state index contributed by atoms with van der Waals surface area (Å²) in [7, 11) is -3.78. The quantitative estimate of drug-likeness (QED) is 0.776. The van der Waals surface area contributed by atoms with Crippen molar-refractivity contribution in [1.29, 1.82) is 5.26 Å². The van der Waals surface area contributed by atoms with Gasteiger partial charge in [0, 0.05) is 39.0 Å². The SMILES string of the molecule is N#Cc1ccc(S(=O)(=O)N2CCC(F)(C(=O)N3CCOCC3)CC2)cc1. The lowest BCUT2D eigenvalue weighted by atomic mass is 9.92. The summed E-state index contributed by atoms with van der Waals surface area (Å²) >= 11 is 0. The van der Waals surface area contributed by atoms with Gasteiger partial charge in [-0.15, -0.1) is 0 Å². The summed E-state index contributed by atoms with van der Waals surface area (Å²) < 4.78 is 46.8. The molecule has 2 aliphatic rings. The lowest BCUT2D eigenvalue weighted by molar-refractivity contribution is -0.150. The van der Waals surface area contributed by atoms with Gasteiger partial charge in [0.25, 0.3) is 5.91 Å². The number of amides is 1. The molecule has 3 rings (SSSR count). The molecule has 0 radical (unpaired) electrons. The number of piperidine rings is 1. The maximum Gasteiger partial charge on any atom is 0.260 e. The first-order chi connectivity index (χ1) is 12.4. The zero-order valence-corrected chi connectivity index (χ0v) is 15.0. The lowest BCUT2D eigenvalue weighted by Crippen LogP contribution is -2.55. The molecule has 0 bridgehead atoms. The monoisotopic (exact) mass is 381 g/mol. The molecule has 1 amide bonds. The molecule has 0 saturated carbocycles. The summed E-state index contributed by atoms with van der Waals surface area (Å²) in [6.45, 7) is 1.38. The summed E-state index contributed by atoms with van der Waals surface area (Å²) in [4.78, 5) is 14.0. The van der Waals surface area contributed by atoms with Gasteiger partial charge in [-0.05, 0) is 24.3 Å². The number of hydrogen-bond donors (Lipinski definition) is 0. The maximum absolute atomic E-state index is 15.1. The number of nitriles is 1. The van der Waals surface area contributed by atoms with Crippen molar-refractivity contribution in [3.05, 3.63) is 29.8 Å². The Balaban J connectivity index is 1.68. The molecule has 9 heteroatoms. The lowest BCUT2D eigenvalue weighted by Gasteiger charge is -2.38. The molecule has 26 heavy (non-hydrogen) atoms. The fourth-order valence-electron chi connectivity index (χ4n) is 3.20. The Morgan fingerprint density at radius 1 is 1.12 bits per heavy atom. The molecule has 0 aromatic heterocycles. The topological polar surface area (TPSA) is 90.7 Å². The van der Waals surface area contributed by atoms with Crippen molar-refractivity contribution < 1.29 is 22.3 Å². The molecule has 2 aliphatic heterocycles. The van der Waals surface area contributed by atoms with Gasteiger partial charge >= 0.3 is 0 Å². The molecule has 7 nitrogen and oxygen atoms in total. The van der Waals surface area contributed by atoms with Crippen molar-refractivity contribution in [3.8, 4) is 6.07 Å². The predicted molar refractivity (Wildman–Crippen MR) is 90.4 cm³/mol. The Kier molecular flexibility index (Phi) is 5.27. The van der Waals surface area contributed by atoms with Gasteiger partial charge in [0.05, 0.1) is 29.7 Å². The van der Waals surface area contributed by atoms with Gasteiger partial charge in [-0.2, -0.15) is 9.57 Å². The van der Waals surface area contributed by atoms with E-state index in [1.165, 1.54) is 33.5 Å². The Hall–Kier alpha value is -2.02. The molecule has 140 valence electrons. The van der Waals surface area contributed by atoms with Crippen LogP contribution in [0.1, 0.15) is 18.4 Å². The van der Waals surface area contributed by atoms with Crippen molar-refractivity contribution in [2.45, 2.75) is 23.4 Å². The number of benzene rings is 1. The van der Waals surface area contributed by atoms with E-state index in [0.29, 0.717) is 31.9 Å². The third-order valence-corrected chi connectivity index (χ3v) is 6.73. The Labute approximate surface area is 152 Å². The van der Waals surface area contributed by atoms with E-state index in [-0.39, 0.29) is 30.8 Å². The molecular weight excluding hydrogens is 361 g/mol. The molecule has 0 aliphatic carbocycles. The second-order valence-corrected chi connectivity index (χ2v) is 8.35. The van der Waals surface area contributed by atoms with Crippen LogP contribution in [0.5, 0.6) is 0 Å². The minimum Gasteiger partial charge on any atom is -0.378 e. The van der Waals surface area contributed by atoms with E-state index in [9.17, 15) is 13.2 Å². The molecule has 2 heterocycles. The van der Waals surface area contributed by atoms with Gasteiger partial charge in [0.1, 0.15) is 0 Å². The predicted octanol–water partition coefficient (Wildman–Crippen LogP) is 0.910. The second kappa shape index (κ2) is 7.31. The number of hydrogen-bond acceptors (Lipinski definition) is 5. The van der Waals surface area contributed by atoms with Crippen LogP contribution in [0, 0.1) is 11.3 Å². The van der Waals surface area contributed by atoms with E-state index in [0.717, 1.165) is 0 Å². The van der Waals surface area contributed by atoms with Crippen LogP contribution in [0.2, 0.25) is 0 Å².